The first-order valence-corrected chi connectivity index (χ1v) is 7.24. The fourth-order valence-electron chi connectivity index (χ4n) is 3.48. The number of benzene rings is 1. The number of carbonyl (C=O) groups excluding carboxylic acids is 1. The lowest BCUT2D eigenvalue weighted by atomic mass is 9.94. The van der Waals surface area contributed by atoms with Crippen molar-refractivity contribution in [2.45, 2.75) is 39.2 Å². The van der Waals surface area contributed by atoms with Gasteiger partial charge in [0.05, 0.1) is 0 Å². The monoisotopic (exact) mass is 259 g/mol. The van der Waals surface area contributed by atoms with E-state index in [1.807, 2.05) is 11.0 Å². The summed E-state index contributed by atoms with van der Waals surface area (Å²) in [5.74, 6) is 1.36. The Labute approximate surface area is 114 Å². The first-order chi connectivity index (χ1) is 9.15. The quantitative estimate of drug-likeness (QED) is 0.842. The Kier molecular flexibility index (Phi) is 3.21. The number of fused-ring (bicyclic) bond motifs is 1. The minimum atomic E-state index is 0.221. The van der Waals surface area contributed by atoms with E-state index in [9.17, 15) is 9.90 Å². The van der Waals surface area contributed by atoms with Crippen LogP contribution in [0.25, 0.3) is 0 Å². The summed E-state index contributed by atoms with van der Waals surface area (Å²) in [5, 5.41) is 9.56. The highest BCUT2D eigenvalue weighted by molar-refractivity contribution is 5.79. The molecule has 0 bridgehead atoms. The van der Waals surface area contributed by atoms with Crippen LogP contribution in [-0.4, -0.2) is 22.5 Å². The molecule has 3 nitrogen and oxygen atoms in total. The largest absolute Gasteiger partial charge is 0.508 e. The third-order valence-corrected chi connectivity index (χ3v) is 4.69. The van der Waals surface area contributed by atoms with Gasteiger partial charge in [-0.1, -0.05) is 19.4 Å². The van der Waals surface area contributed by atoms with E-state index in [1.165, 1.54) is 18.4 Å². The summed E-state index contributed by atoms with van der Waals surface area (Å²) in [6.45, 7) is 3.67. The Bertz CT molecular complexity index is 498. The van der Waals surface area contributed by atoms with Crippen molar-refractivity contribution in [2.75, 3.05) is 6.54 Å². The van der Waals surface area contributed by atoms with E-state index in [0.717, 1.165) is 24.9 Å². The van der Waals surface area contributed by atoms with Crippen LogP contribution >= 0.6 is 0 Å². The number of aromatic hydroxyl groups is 1. The fourth-order valence-corrected chi connectivity index (χ4v) is 3.48. The van der Waals surface area contributed by atoms with Crippen LogP contribution in [0.3, 0.4) is 0 Å². The van der Waals surface area contributed by atoms with E-state index in [1.54, 1.807) is 12.1 Å². The topological polar surface area (TPSA) is 40.5 Å². The number of amides is 1. The molecule has 0 saturated heterocycles. The molecule has 1 aromatic rings. The van der Waals surface area contributed by atoms with E-state index in [4.69, 9.17) is 0 Å². The molecule has 2 unspecified atom stereocenters. The summed E-state index contributed by atoms with van der Waals surface area (Å²) in [4.78, 5) is 14.5. The Morgan fingerprint density at radius 2 is 2.16 bits per heavy atom. The molecule has 3 rings (SSSR count). The molecule has 1 amide bonds. The van der Waals surface area contributed by atoms with E-state index in [-0.39, 0.29) is 5.92 Å². The zero-order valence-electron chi connectivity index (χ0n) is 11.4. The SMILES string of the molecule is CC1CCCC1C(=O)N1CCc2ccc(O)cc2C1. The molecule has 3 heteroatoms. The van der Waals surface area contributed by atoms with E-state index in [2.05, 4.69) is 6.92 Å². The second-order valence-corrected chi connectivity index (χ2v) is 5.98. The lowest BCUT2D eigenvalue weighted by molar-refractivity contribution is -0.137. The highest BCUT2D eigenvalue weighted by Crippen LogP contribution is 2.34. The maximum absolute atomic E-state index is 12.6. The molecule has 102 valence electrons. The third kappa shape index (κ3) is 2.34. The molecule has 1 aliphatic heterocycles. The average Bonchev–Trinajstić information content (AvgIpc) is 2.83. The van der Waals surface area contributed by atoms with Gasteiger partial charge in [0, 0.05) is 19.0 Å². The van der Waals surface area contributed by atoms with Crippen LogP contribution in [0.15, 0.2) is 18.2 Å². The Morgan fingerprint density at radius 1 is 1.32 bits per heavy atom. The molecule has 0 radical (unpaired) electrons. The van der Waals surface area contributed by atoms with Gasteiger partial charge in [-0.15, -0.1) is 0 Å². The average molecular weight is 259 g/mol. The molecule has 1 fully saturated rings. The smallest absolute Gasteiger partial charge is 0.226 e. The highest BCUT2D eigenvalue weighted by atomic mass is 16.3. The van der Waals surface area contributed by atoms with Gasteiger partial charge in [-0.25, -0.2) is 0 Å². The molecule has 1 heterocycles. The Balaban J connectivity index is 1.76. The molecule has 1 aromatic carbocycles. The molecule has 1 N–H and O–H groups in total. The minimum absolute atomic E-state index is 0.221. The van der Waals surface area contributed by atoms with E-state index < -0.39 is 0 Å². The van der Waals surface area contributed by atoms with E-state index in [0.29, 0.717) is 24.1 Å². The second-order valence-electron chi connectivity index (χ2n) is 5.98. The van der Waals surface area contributed by atoms with Crippen molar-refractivity contribution in [1.82, 2.24) is 4.90 Å². The first-order valence-electron chi connectivity index (χ1n) is 7.24. The molecule has 1 saturated carbocycles. The molecule has 0 spiro atoms. The van der Waals surface area contributed by atoms with Gasteiger partial charge in [0.2, 0.25) is 5.91 Å². The zero-order valence-corrected chi connectivity index (χ0v) is 11.4. The van der Waals surface area contributed by atoms with Crippen molar-refractivity contribution in [3.63, 3.8) is 0 Å². The molecular formula is C16H21NO2. The van der Waals surface area contributed by atoms with Crippen molar-refractivity contribution in [3.05, 3.63) is 29.3 Å². The number of hydrogen-bond acceptors (Lipinski definition) is 2. The lowest BCUT2D eigenvalue weighted by Gasteiger charge is -2.32. The van der Waals surface area contributed by atoms with Gasteiger partial charge in [0.25, 0.3) is 0 Å². The highest BCUT2D eigenvalue weighted by Gasteiger charge is 2.33. The van der Waals surface area contributed by atoms with Crippen molar-refractivity contribution in [2.24, 2.45) is 11.8 Å². The van der Waals surface area contributed by atoms with Crippen LogP contribution in [-0.2, 0) is 17.8 Å². The zero-order chi connectivity index (χ0) is 13.4. The summed E-state index contributed by atoms with van der Waals surface area (Å²) in [5.41, 5.74) is 2.37. The predicted octanol–water partition coefficient (Wildman–Crippen LogP) is 2.71. The number of phenolic OH excluding ortho intramolecular Hbond substituents is 1. The van der Waals surface area contributed by atoms with Crippen LogP contribution in [0.2, 0.25) is 0 Å². The maximum Gasteiger partial charge on any atom is 0.226 e. The normalized spacial score (nSPS) is 26.3. The van der Waals surface area contributed by atoms with Gasteiger partial charge in [-0.3, -0.25) is 4.79 Å². The van der Waals surface area contributed by atoms with Gasteiger partial charge in [0.1, 0.15) is 5.75 Å². The fraction of sp³-hybridized carbons (Fsp3) is 0.562. The van der Waals surface area contributed by atoms with Crippen molar-refractivity contribution < 1.29 is 9.90 Å². The number of phenols is 1. The van der Waals surface area contributed by atoms with Gasteiger partial charge >= 0.3 is 0 Å². The predicted molar refractivity (Wildman–Crippen MR) is 73.7 cm³/mol. The number of nitrogens with zero attached hydrogens (tertiary/aromatic N) is 1. The maximum atomic E-state index is 12.6. The lowest BCUT2D eigenvalue weighted by Crippen LogP contribution is -2.40. The van der Waals surface area contributed by atoms with Gasteiger partial charge in [-0.2, -0.15) is 0 Å². The van der Waals surface area contributed by atoms with Crippen LogP contribution in [0.4, 0.5) is 0 Å². The van der Waals surface area contributed by atoms with Crippen LogP contribution < -0.4 is 0 Å². The molecule has 2 atom stereocenters. The van der Waals surface area contributed by atoms with Crippen LogP contribution in [0.1, 0.15) is 37.3 Å². The summed E-state index contributed by atoms with van der Waals surface area (Å²) in [6, 6.07) is 5.51. The van der Waals surface area contributed by atoms with Gasteiger partial charge < -0.3 is 10.0 Å². The summed E-state index contributed by atoms with van der Waals surface area (Å²) in [6.07, 6.45) is 4.32. The molecule has 2 aliphatic rings. The molecule has 0 aromatic heterocycles. The standard InChI is InChI=1S/C16H21NO2/c1-11-3-2-4-15(11)16(19)17-8-7-12-5-6-14(18)9-13(12)10-17/h5-6,9,11,15,18H,2-4,7-8,10H2,1H3. The summed E-state index contributed by atoms with van der Waals surface area (Å²) in [7, 11) is 0. The van der Waals surface area contributed by atoms with Crippen molar-refractivity contribution >= 4 is 5.91 Å². The molecule has 19 heavy (non-hydrogen) atoms. The summed E-state index contributed by atoms with van der Waals surface area (Å²) >= 11 is 0. The van der Waals surface area contributed by atoms with E-state index >= 15 is 0 Å². The molecular weight excluding hydrogens is 238 g/mol. The minimum Gasteiger partial charge on any atom is -0.508 e. The second kappa shape index (κ2) is 4.87. The number of rotatable bonds is 1. The van der Waals surface area contributed by atoms with Gasteiger partial charge in [0.15, 0.2) is 0 Å². The Hall–Kier alpha value is -1.51. The number of carbonyl (C=O) groups is 1. The summed E-state index contributed by atoms with van der Waals surface area (Å²) < 4.78 is 0. The third-order valence-electron chi connectivity index (χ3n) is 4.69. The molecule has 1 aliphatic carbocycles. The van der Waals surface area contributed by atoms with Crippen molar-refractivity contribution in [3.8, 4) is 5.75 Å². The van der Waals surface area contributed by atoms with Crippen LogP contribution in [0.5, 0.6) is 5.75 Å². The number of hydrogen-bond donors (Lipinski definition) is 1. The van der Waals surface area contributed by atoms with Crippen LogP contribution in [0, 0.1) is 11.8 Å². The van der Waals surface area contributed by atoms with Gasteiger partial charge in [-0.05, 0) is 48.4 Å². The Morgan fingerprint density at radius 3 is 2.89 bits per heavy atom. The first kappa shape index (κ1) is 12.5. The van der Waals surface area contributed by atoms with Crippen molar-refractivity contribution in [1.29, 1.82) is 0 Å².